The largest absolute Gasteiger partial charge is 0.346 e. The summed E-state index contributed by atoms with van der Waals surface area (Å²) in [6.07, 6.45) is 2.06. The van der Waals surface area contributed by atoms with Crippen LogP contribution < -0.4 is 10.0 Å². The van der Waals surface area contributed by atoms with Gasteiger partial charge in [0.05, 0.1) is 18.0 Å². The van der Waals surface area contributed by atoms with E-state index in [1.54, 1.807) is 25.1 Å². The number of benzene rings is 2. The Bertz CT molecular complexity index is 859. The number of carbonyl (C=O) groups is 1. The van der Waals surface area contributed by atoms with E-state index in [4.69, 9.17) is 0 Å². The summed E-state index contributed by atoms with van der Waals surface area (Å²) >= 11 is 0. The van der Waals surface area contributed by atoms with Crippen molar-refractivity contribution in [3.8, 4) is 0 Å². The summed E-state index contributed by atoms with van der Waals surface area (Å²) in [4.78, 5) is 12.5. The number of rotatable bonds is 6. The van der Waals surface area contributed by atoms with Crippen LogP contribution in [-0.2, 0) is 16.4 Å². The number of sulfonamides is 1. The second-order valence-electron chi connectivity index (χ2n) is 6.19. The molecule has 0 aromatic heterocycles. The normalized spacial score (nSPS) is 12.5. The van der Waals surface area contributed by atoms with Gasteiger partial charge < -0.3 is 5.32 Å². The van der Waals surface area contributed by atoms with E-state index in [2.05, 4.69) is 29.1 Å². The third-order valence-corrected chi connectivity index (χ3v) is 4.62. The van der Waals surface area contributed by atoms with Crippen LogP contribution >= 0.6 is 0 Å². The molecule has 134 valence electrons. The lowest BCUT2D eigenvalue weighted by Gasteiger charge is -2.16. The molecule has 0 aliphatic rings. The molecule has 1 atom stereocenters. The van der Waals surface area contributed by atoms with Crippen LogP contribution in [0.3, 0.4) is 0 Å². The molecule has 2 aromatic rings. The molecule has 0 bridgehead atoms. The zero-order valence-corrected chi connectivity index (χ0v) is 15.8. The maximum absolute atomic E-state index is 12.5. The maximum atomic E-state index is 12.5. The van der Waals surface area contributed by atoms with E-state index in [9.17, 15) is 13.2 Å². The lowest BCUT2D eigenvalue weighted by Crippen LogP contribution is -2.26. The second kappa shape index (κ2) is 7.70. The highest BCUT2D eigenvalue weighted by Gasteiger charge is 2.14. The van der Waals surface area contributed by atoms with Gasteiger partial charge in [-0.3, -0.25) is 9.52 Å². The fraction of sp³-hybridized carbons (Fsp3) is 0.316. The predicted octanol–water partition coefficient (Wildman–Crippen LogP) is 3.42. The van der Waals surface area contributed by atoms with E-state index < -0.39 is 10.0 Å². The summed E-state index contributed by atoms with van der Waals surface area (Å²) < 4.78 is 25.3. The zero-order valence-electron chi connectivity index (χ0n) is 15.0. The number of carbonyl (C=O) groups excluding carboxylic acids is 1. The SMILES string of the molecule is CCc1ccc(C(C)NC(=O)c2ccc(C)c(NS(C)(=O)=O)c2)cc1. The molecule has 5 nitrogen and oxygen atoms in total. The van der Waals surface area contributed by atoms with Gasteiger partial charge in [0.1, 0.15) is 0 Å². The third-order valence-electron chi connectivity index (χ3n) is 4.03. The quantitative estimate of drug-likeness (QED) is 0.829. The molecule has 0 heterocycles. The van der Waals surface area contributed by atoms with Crippen LogP contribution in [0.25, 0.3) is 0 Å². The number of hydrogen-bond donors (Lipinski definition) is 2. The Labute approximate surface area is 149 Å². The number of nitrogens with one attached hydrogen (secondary N) is 2. The van der Waals surface area contributed by atoms with Crippen LogP contribution in [0.15, 0.2) is 42.5 Å². The molecule has 0 saturated heterocycles. The van der Waals surface area contributed by atoms with Crippen LogP contribution in [0.5, 0.6) is 0 Å². The summed E-state index contributed by atoms with van der Waals surface area (Å²) in [7, 11) is -3.40. The van der Waals surface area contributed by atoms with Gasteiger partial charge in [-0.15, -0.1) is 0 Å². The minimum atomic E-state index is -3.40. The van der Waals surface area contributed by atoms with Crippen molar-refractivity contribution < 1.29 is 13.2 Å². The molecule has 1 unspecified atom stereocenters. The van der Waals surface area contributed by atoms with Crippen LogP contribution in [-0.4, -0.2) is 20.6 Å². The lowest BCUT2D eigenvalue weighted by atomic mass is 10.0. The number of aryl methyl sites for hydroxylation is 2. The summed E-state index contributed by atoms with van der Waals surface area (Å²) in [5, 5.41) is 2.94. The molecule has 0 spiro atoms. The molecular weight excluding hydrogens is 336 g/mol. The topological polar surface area (TPSA) is 75.3 Å². The molecule has 0 saturated carbocycles. The van der Waals surface area contributed by atoms with Crippen molar-refractivity contribution in [3.63, 3.8) is 0 Å². The van der Waals surface area contributed by atoms with Crippen molar-refractivity contribution in [1.29, 1.82) is 0 Å². The molecule has 0 aliphatic heterocycles. The van der Waals surface area contributed by atoms with E-state index in [0.717, 1.165) is 23.8 Å². The van der Waals surface area contributed by atoms with Crippen molar-refractivity contribution in [2.24, 2.45) is 0 Å². The monoisotopic (exact) mass is 360 g/mol. The van der Waals surface area contributed by atoms with E-state index in [1.165, 1.54) is 5.56 Å². The Hall–Kier alpha value is -2.34. The minimum Gasteiger partial charge on any atom is -0.346 e. The zero-order chi connectivity index (χ0) is 18.6. The highest BCUT2D eigenvalue weighted by atomic mass is 32.2. The van der Waals surface area contributed by atoms with Gasteiger partial charge in [-0.2, -0.15) is 0 Å². The van der Waals surface area contributed by atoms with Crippen molar-refractivity contribution in [3.05, 3.63) is 64.7 Å². The van der Waals surface area contributed by atoms with Crippen LogP contribution in [0, 0.1) is 6.92 Å². The van der Waals surface area contributed by atoms with Gasteiger partial charge in [0.2, 0.25) is 10.0 Å². The third kappa shape index (κ3) is 5.32. The van der Waals surface area contributed by atoms with Gasteiger partial charge in [-0.25, -0.2) is 8.42 Å². The van der Waals surface area contributed by atoms with Gasteiger partial charge in [-0.05, 0) is 49.1 Å². The first-order valence-corrected chi connectivity index (χ1v) is 10.1. The summed E-state index contributed by atoms with van der Waals surface area (Å²) in [6.45, 7) is 5.80. The van der Waals surface area contributed by atoms with Gasteiger partial charge in [0, 0.05) is 5.56 Å². The molecule has 2 rings (SSSR count). The Morgan fingerprint density at radius 2 is 1.76 bits per heavy atom. The predicted molar refractivity (Wildman–Crippen MR) is 101 cm³/mol. The first-order chi connectivity index (χ1) is 11.7. The summed E-state index contributed by atoms with van der Waals surface area (Å²) in [5.74, 6) is -0.247. The van der Waals surface area contributed by atoms with E-state index in [-0.39, 0.29) is 11.9 Å². The minimum absolute atomic E-state index is 0.147. The molecule has 25 heavy (non-hydrogen) atoms. The fourth-order valence-electron chi connectivity index (χ4n) is 2.48. The Kier molecular flexibility index (Phi) is 5.85. The van der Waals surface area contributed by atoms with E-state index >= 15 is 0 Å². The number of anilines is 1. The number of hydrogen-bond acceptors (Lipinski definition) is 3. The van der Waals surface area contributed by atoms with Crippen molar-refractivity contribution in [1.82, 2.24) is 5.32 Å². The summed E-state index contributed by atoms with van der Waals surface area (Å²) in [6, 6.07) is 12.9. The first kappa shape index (κ1) is 19.0. The van der Waals surface area contributed by atoms with Crippen LogP contribution in [0.1, 0.15) is 46.9 Å². The van der Waals surface area contributed by atoms with Crippen molar-refractivity contribution >= 4 is 21.6 Å². The Morgan fingerprint density at radius 1 is 1.12 bits per heavy atom. The van der Waals surface area contributed by atoms with Crippen LogP contribution in [0.2, 0.25) is 0 Å². The highest BCUT2D eigenvalue weighted by Crippen LogP contribution is 2.19. The second-order valence-corrected chi connectivity index (χ2v) is 7.94. The Balaban J connectivity index is 2.15. The van der Waals surface area contributed by atoms with Gasteiger partial charge in [0.25, 0.3) is 5.91 Å². The molecule has 0 radical (unpaired) electrons. The average molecular weight is 360 g/mol. The molecule has 2 N–H and O–H groups in total. The number of amides is 1. The van der Waals surface area contributed by atoms with Crippen molar-refractivity contribution in [2.45, 2.75) is 33.2 Å². The first-order valence-electron chi connectivity index (χ1n) is 8.17. The molecule has 0 aliphatic carbocycles. The Morgan fingerprint density at radius 3 is 2.32 bits per heavy atom. The highest BCUT2D eigenvalue weighted by molar-refractivity contribution is 7.92. The lowest BCUT2D eigenvalue weighted by molar-refractivity contribution is 0.0940. The van der Waals surface area contributed by atoms with Gasteiger partial charge >= 0.3 is 0 Å². The molecule has 1 amide bonds. The smallest absolute Gasteiger partial charge is 0.251 e. The van der Waals surface area contributed by atoms with E-state index in [0.29, 0.717) is 11.3 Å². The van der Waals surface area contributed by atoms with Gasteiger partial charge in [0.15, 0.2) is 0 Å². The molecule has 2 aromatic carbocycles. The van der Waals surface area contributed by atoms with E-state index in [1.807, 2.05) is 19.1 Å². The average Bonchev–Trinajstić information content (AvgIpc) is 2.55. The molecule has 0 fully saturated rings. The van der Waals surface area contributed by atoms with Gasteiger partial charge in [-0.1, -0.05) is 37.3 Å². The standard InChI is InChI=1S/C19H24N2O3S/c1-5-15-7-10-16(11-8-15)14(3)20-19(22)17-9-6-13(2)18(12-17)21-25(4,23)24/h6-12,14,21H,5H2,1-4H3,(H,20,22). The van der Waals surface area contributed by atoms with Crippen molar-refractivity contribution in [2.75, 3.05) is 11.0 Å². The summed E-state index contributed by atoms with van der Waals surface area (Å²) in [5.41, 5.74) is 3.85. The fourth-order valence-corrected chi connectivity index (χ4v) is 3.10. The maximum Gasteiger partial charge on any atom is 0.251 e. The van der Waals surface area contributed by atoms with Crippen LogP contribution in [0.4, 0.5) is 5.69 Å². The molecular formula is C19H24N2O3S. The molecule has 6 heteroatoms.